The summed E-state index contributed by atoms with van der Waals surface area (Å²) in [7, 11) is 0. The van der Waals surface area contributed by atoms with Crippen LogP contribution in [0.5, 0.6) is 34.5 Å². The molecule has 4 rings (SSSR count). The van der Waals surface area contributed by atoms with Crippen LogP contribution in [0.4, 0.5) is 0 Å². The zero-order valence-electron chi connectivity index (χ0n) is 27.3. The van der Waals surface area contributed by atoms with Gasteiger partial charge < -0.3 is 29.2 Å². The van der Waals surface area contributed by atoms with Gasteiger partial charge in [0.25, 0.3) is 0 Å². The first-order chi connectivity index (χ1) is 21.5. The smallest absolute Gasteiger partial charge is 0.161 e. The Morgan fingerprint density at radius 2 is 0.614 bits per heavy atom. The highest BCUT2D eigenvalue weighted by Crippen LogP contribution is 2.46. The van der Waals surface area contributed by atoms with Crippen LogP contribution in [0.1, 0.15) is 105 Å². The Kier molecular flexibility index (Phi) is 12.9. The number of phenolic OH excluding ortho intramolecular Hbond substituents is 2. The molecule has 0 spiro atoms. The van der Waals surface area contributed by atoms with E-state index in [1.165, 1.54) is 0 Å². The SMILES string of the molecule is CCCCCOc1cc2c(cc1O)c1cc(OCCCCC)c(OCCCCC)cc1c1cc(O)c(OCCCCC)cc12. The number of benzene rings is 4. The number of hydrogen-bond acceptors (Lipinski definition) is 6. The Morgan fingerprint density at radius 3 is 0.909 bits per heavy atom. The number of aromatic hydroxyl groups is 2. The van der Waals surface area contributed by atoms with Crippen molar-refractivity contribution in [3.05, 3.63) is 36.4 Å². The first-order valence-corrected chi connectivity index (χ1v) is 17.0. The molecule has 0 amide bonds. The van der Waals surface area contributed by atoms with E-state index >= 15 is 0 Å². The van der Waals surface area contributed by atoms with Crippen LogP contribution in [0.2, 0.25) is 0 Å². The van der Waals surface area contributed by atoms with Crippen LogP contribution < -0.4 is 18.9 Å². The molecule has 0 atom stereocenters. The van der Waals surface area contributed by atoms with Crippen molar-refractivity contribution >= 4 is 32.3 Å². The van der Waals surface area contributed by atoms with Crippen LogP contribution in [0, 0.1) is 0 Å². The summed E-state index contributed by atoms with van der Waals surface area (Å²) in [5.41, 5.74) is 0. The minimum atomic E-state index is 0.106. The van der Waals surface area contributed by atoms with E-state index in [0.717, 1.165) is 109 Å². The van der Waals surface area contributed by atoms with Crippen LogP contribution in [-0.2, 0) is 0 Å². The van der Waals surface area contributed by atoms with E-state index in [2.05, 4.69) is 27.7 Å². The lowest BCUT2D eigenvalue weighted by atomic mass is 9.93. The quantitative estimate of drug-likeness (QED) is 0.0772. The summed E-state index contributed by atoms with van der Waals surface area (Å²) in [4.78, 5) is 0. The summed E-state index contributed by atoms with van der Waals surface area (Å²) in [6.45, 7) is 11.0. The first kappa shape index (κ1) is 33.4. The maximum absolute atomic E-state index is 11.1. The Bertz CT molecular complexity index is 1360. The van der Waals surface area contributed by atoms with Crippen molar-refractivity contribution in [3.8, 4) is 34.5 Å². The van der Waals surface area contributed by atoms with Crippen molar-refractivity contribution < 1.29 is 29.2 Å². The molecule has 6 heteroatoms. The lowest BCUT2D eigenvalue weighted by Crippen LogP contribution is -2.03. The summed E-state index contributed by atoms with van der Waals surface area (Å²) in [6.07, 6.45) is 12.6. The lowest BCUT2D eigenvalue weighted by molar-refractivity contribution is 0.260. The molecule has 0 aliphatic carbocycles. The van der Waals surface area contributed by atoms with Crippen LogP contribution in [0.15, 0.2) is 36.4 Å². The monoisotopic (exact) mass is 604 g/mol. The number of hydrogen-bond donors (Lipinski definition) is 2. The lowest BCUT2D eigenvalue weighted by Gasteiger charge is -2.19. The summed E-state index contributed by atoms with van der Waals surface area (Å²) < 4.78 is 24.8. The molecule has 240 valence electrons. The molecule has 0 heterocycles. The molecule has 0 aliphatic rings. The molecule has 0 aromatic heterocycles. The number of fused-ring (bicyclic) bond motifs is 6. The van der Waals surface area contributed by atoms with Gasteiger partial charge in [-0.1, -0.05) is 79.1 Å². The Hall–Kier alpha value is -3.54. The molecule has 0 radical (unpaired) electrons. The van der Waals surface area contributed by atoms with Crippen molar-refractivity contribution in [2.24, 2.45) is 0 Å². The summed E-state index contributed by atoms with van der Waals surface area (Å²) in [5.74, 6) is 2.53. The van der Waals surface area contributed by atoms with Crippen molar-refractivity contribution in [2.45, 2.75) is 105 Å². The normalized spacial score (nSPS) is 11.5. The van der Waals surface area contributed by atoms with Gasteiger partial charge in [-0.3, -0.25) is 0 Å². The molecule has 0 bridgehead atoms. The molecule has 0 aliphatic heterocycles. The molecular weight excluding hydrogens is 552 g/mol. The summed E-state index contributed by atoms with van der Waals surface area (Å²) >= 11 is 0. The fraction of sp³-hybridized carbons (Fsp3) is 0.526. The van der Waals surface area contributed by atoms with Crippen molar-refractivity contribution in [3.63, 3.8) is 0 Å². The molecule has 0 saturated heterocycles. The fourth-order valence-electron chi connectivity index (χ4n) is 5.63. The minimum Gasteiger partial charge on any atom is -0.504 e. The van der Waals surface area contributed by atoms with Crippen molar-refractivity contribution in [1.29, 1.82) is 0 Å². The second-order valence-corrected chi connectivity index (χ2v) is 11.8. The van der Waals surface area contributed by atoms with Gasteiger partial charge >= 0.3 is 0 Å². The number of unbranched alkanes of at least 4 members (excludes halogenated alkanes) is 8. The fourth-order valence-corrected chi connectivity index (χ4v) is 5.63. The maximum atomic E-state index is 11.1. The van der Waals surface area contributed by atoms with Gasteiger partial charge in [-0.2, -0.15) is 0 Å². The van der Waals surface area contributed by atoms with Gasteiger partial charge in [0.2, 0.25) is 0 Å². The second kappa shape index (κ2) is 17.1. The minimum absolute atomic E-state index is 0.106. The summed E-state index contributed by atoms with van der Waals surface area (Å²) in [6, 6.07) is 11.5. The molecule has 2 N–H and O–H groups in total. The van der Waals surface area contributed by atoms with Crippen molar-refractivity contribution in [1.82, 2.24) is 0 Å². The van der Waals surface area contributed by atoms with Gasteiger partial charge in [-0.25, -0.2) is 0 Å². The largest absolute Gasteiger partial charge is 0.504 e. The maximum Gasteiger partial charge on any atom is 0.161 e. The third-order valence-electron chi connectivity index (χ3n) is 8.17. The molecule has 6 nitrogen and oxygen atoms in total. The zero-order valence-corrected chi connectivity index (χ0v) is 27.3. The van der Waals surface area contributed by atoms with Crippen molar-refractivity contribution in [2.75, 3.05) is 26.4 Å². The average Bonchev–Trinajstić information content (AvgIpc) is 3.02. The van der Waals surface area contributed by atoms with E-state index in [0.29, 0.717) is 49.4 Å². The standard InChI is InChI=1S/C38H52O6/c1-5-9-13-17-41-35-23-29-27(21-33(35)39)31-25-37(43-19-15-11-7-3)38(44-20-16-12-8-4)26-32(31)28-22-34(40)36(24-30(28)29)42-18-14-10-6-2/h21-26,39-40H,5-20H2,1-4H3. The number of rotatable bonds is 20. The van der Waals surface area contributed by atoms with Crippen LogP contribution in [-0.4, -0.2) is 36.6 Å². The van der Waals surface area contributed by atoms with E-state index in [1.54, 1.807) is 12.1 Å². The van der Waals surface area contributed by atoms with E-state index in [-0.39, 0.29) is 11.5 Å². The highest BCUT2D eigenvalue weighted by atomic mass is 16.5. The highest BCUT2D eigenvalue weighted by Gasteiger charge is 2.19. The van der Waals surface area contributed by atoms with E-state index < -0.39 is 0 Å². The Balaban J connectivity index is 1.90. The van der Waals surface area contributed by atoms with Gasteiger partial charge in [-0.15, -0.1) is 0 Å². The molecule has 0 fully saturated rings. The van der Waals surface area contributed by atoms with E-state index in [4.69, 9.17) is 18.9 Å². The van der Waals surface area contributed by atoms with Crippen LogP contribution in [0.25, 0.3) is 32.3 Å². The van der Waals surface area contributed by atoms with E-state index in [9.17, 15) is 10.2 Å². The highest BCUT2D eigenvalue weighted by molar-refractivity contribution is 6.26. The number of ether oxygens (including phenoxy) is 4. The van der Waals surface area contributed by atoms with Crippen LogP contribution >= 0.6 is 0 Å². The second-order valence-electron chi connectivity index (χ2n) is 11.8. The Labute approximate surface area is 263 Å². The molecule has 4 aromatic carbocycles. The molecular formula is C38H52O6. The topological polar surface area (TPSA) is 77.4 Å². The van der Waals surface area contributed by atoms with Gasteiger partial charge in [-0.05, 0) is 94.4 Å². The predicted octanol–water partition coefficient (Wildman–Crippen LogP) is 10.8. The predicted molar refractivity (Wildman–Crippen MR) is 182 cm³/mol. The zero-order chi connectivity index (χ0) is 31.3. The van der Waals surface area contributed by atoms with Gasteiger partial charge in [0.15, 0.2) is 34.5 Å². The third kappa shape index (κ3) is 8.34. The third-order valence-corrected chi connectivity index (χ3v) is 8.17. The molecule has 44 heavy (non-hydrogen) atoms. The molecule has 0 unspecified atom stereocenters. The van der Waals surface area contributed by atoms with Gasteiger partial charge in [0.05, 0.1) is 26.4 Å². The van der Waals surface area contributed by atoms with Gasteiger partial charge in [0, 0.05) is 0 Å². The van der Waals surface area contributed by atoms with Gasteiger partial charge in [0.1, 0.15) is 0 Å². The Morgan fingerprint density at radius 1 is 0.364 bits per heavy atom. The first-order valence-electron chi connectivity index (χ1n) is 17.0. The van der Waals surface area contributed by atoms with E-state index in [1.807, 2.05) is 24.3 Å². The summed E-state index contributed by atoms with van der Waals surface area (Å²) in [5, 5.41) is 27.6. The van der Waals surface area contributed by atoms with Crippen LogP contribution in [0.3, 0.4) is 0 Å². The molecule has 4 aromatic rings. The molecule has 0 saturated carbocycles. The number of phenols is 2. The average molecular weight is 605 g/mol.